The van der Waals surface area contributed by atoms with E-state index < -0.39 is 0 Å². The summed E-state index contributed by atoms with van der Waals surface area (Å²) in [5, 5.41) is 6.87. The molecule has 0 radical (unpaired) electrons. The van der Waals surface area contributed by atoms with E-state index >= 15 is 0 Å². The molecular weight excluding hydrogens is 309 g/mol. The number of benzene rings is 1. The smallest absolute Gasteiger partial charge is 0.249 e. The second-order valence-electron chi connectivity index (χ2n) is 6.38. The van der Waals surface area contributed by atoms with Crippen molar-refractivity contribution in [3.63, 3.8) is 0 Å². The summed E-state index contributed by atoms with van der Waals surface area (Å²) in [6.07, 6.45) is 5.13. The Balaban J connectivity index is 1.67. The van der Waals surface area contributed by atoms with Gasteiger partial charge in [-0.25, -0.2) is 4.39 Å². The molecule has 1 fully saturated rings. The van der Waals surface area contributed by atoms with Crippen LogP contribution in [0.3, 0.4) is 0 Å². The van der Waals surface area contributed by atoms with Gasteiger partial charge in [-0.1, -0.05) is 31.1 Å². The lowest BCUT2D eigenvalue weighted by molar-refractivity contribution is -0.117. The van der Waals surface area contributed by atoms with Gasteiger partial charge in [-0.15, -0.1) is 0 Å². The van der Waals surface area contributed by atoms with E-state index in [1.807, 2.05) is 13.8 Å². The highest BCUT2D eigenvalue weighted by Gasteiger charge is 2.31. The van der Waals surface area contributed by atoms with Gasteiger partial charge < -0.3 is 9.84 Å². The average molecular weight is 329 g/mol. The highest BCUT2D eigenvalue weighted by molar-refractivity contribution is 5.91. The zero-order valence-corrected chi connectivity index (χ0v) is 13.7. The standard InChI is InChI=1S/C18H20FN3O2/c1-11(2)16(18-21-17(22-24-18)13-7-8-13)20-15(23)9-6-12-4-3-5-14(19)10-12/h3-6,9-11,13,16H,7-8H2,1-2H3,(H,20,23). The van der Waals surface area contributed by atoms with Gasteiger partial charge in [0.2, 0.25) is 11.8 Å². The number of amides is 1. The van der Waals surface area contributed by atoms with Crippen LogP contribution in [-0.4, -0.2) is 16.0 Å². The molecule has 1 aliphatic carbocycles. The van der Waals surface area contributed by atoms with Gasteiger partial charge in [-0.2, -0.15) is 4.98 Å². The Morgan fingerprint density at radius 1 is 1.42 bits per heavy atom. The second-order valence-corrected chi connectivity index (χ2v) is 6.38. The molecule has 1 unspecified atom stereocenters. The molecule has 1 aliphatic rings. The molecule has 24 heavy (non-hydrogen) atoms. The number of nitrogens with zero attached hydrogens (tertiary/aromatic N) is 2. The maximum absolute atomic E-state index is 13.1. The first-order chi connectivity index (χ1) is 11.5. The zero-order chi connectivity index (χ0) is 17.1. The van der Waals surface area contributed by atoms with Crippen LogP contribution in [0.1, 0.15) is 55.9 Å². The van der Waals surface area contributed by atoms with E-state index in [1.165, 1.54) is 18.2 Å². The van der Waals surface area contributed by atoms with Gasteiger partial charge >= 0.3 is 0 Å². The first-order valence-electron chi connectivity index (χ1n) is 8.10. The van der Waals surface area contributed by atoms with Crippen molar-refractivity contribution in [3.05, 3.63) is 53.4 Å². The molecule has 1 heterocycles. The Hall–Kier alpha value is -2.50. The van der Waals surface area contributed by atoms with Crippen LogP contribution in [0.5, 0.6) is 0 Å². The molecule has 5 nitrogen and oxygen atoms in total. The van der Waals surface area contributed by atoms with Crippen LogP contribution in [0, 0.1) is 11.7 Å². The monoisotopic (exact) mass is 329 g/mol. The minimum absolute atomic E-state index is 0.101. The lowest BCUT2D eigenvalue weighted by Gasteiger charge is -2.17. The van der Waals surface area contributed by atoms with Crippen molar-refractivity contribution in [1.82, 2.24) is 15.5 Å². The predicted octanol–water partition coefficient (Wildman–Crippen LogP) is 3.61. The lowest BCUT2D eigenvalue weighted by Crippen LogP contribution is -2.30. The number of carbonyl (C=O) groups excluding carboxylic acids is 1. The second kappa shape index (κ2) is 6.95. The fourth-order valence-electron chi connectivity index (χ4n) is 2.38. The largest absolute Gasteiger partial charge is 0.340 e. The van der Waals surface area contributed by atoms with Crippen LogP contribution in [0.4, 0.5) is 4.39 Å². The summed E-state index contributed by atoms with van der Waals surface area (Å²) in [7, 11) is 0. The van der Waals surface area contributed by atoms with Crippen molar-refractivity contribution in [2.45, 2.75) is 38.6 Å². The molecule has 1 aromatic heterocycles. The van der Waals surface area contributed by atoms with Gasteiger partial charge in [0.15, 0.2) is 5.82 Å². The van der Waals surface area contributed by atoms with Gasteiger partial charge in [0.1, 0.15) is 11.9 Å². The summed E-state index contributed by atoms with van der Waals surface area (Å²) in [4.78, 5) is 16.6. The van der Waals surface area contributed by atoms with Crippen molar-refractivity contribution in [1.29, 1.82) is 0 Å². The van der Waals surface area contributed by atoms with E-state index in [1.54, 1.807) is 18.2 Å². The number of aromatic nitrogens is 2. The van der Waals surface area contributed by atoms with E-state index in [2.05, 4.69) is 15.5 Å². The Morgan fingerprint density at radius 2 is 2.21 bits per heavy atom. The topological polar surface area (TPSA) is 68.0 Å². The number of hydrogen-bond acceptors (Lipinski definition) is 4. The molecule has 1 aromatic carbocycles. The van der Waals surface area contributed by atoms with Crippen molar-refractivity contribution in [2.75, 3.05) is 0 Å². The molecule has 0 aliphatic heterocycles. The van der Waals surface area contributed by atoms with Gasteiger partial charge in [-0.05, 0) is 42.5 Å². The summed E-state index contributed by atoms with van der Waals surface area (Å²) in [5.74, 6) is 1.03. The molecule has 1 N–H and O–H groups in total. The molecule has 1 amide bonds. The van der Waals surface area contributed by atoms with Crippen LogP contribution >= 0.6 is 0 Å². The van der Waals surface area contributed by atoms with Gasteiger partial charge in [0.05, 0.1) is 0 Å². The first-order valence-corrected chi connectivity index (χ1v) is 8.10. The summed E-state index contributed by atoms with van der Waals surface area (Å²) in [5.41, 5.74) is 0.625. The average Bonchev–Trinajstić information content (AvgIpc) is 3.28. The first kappa shape index (κ1) is 16.4. The summed E-state index contributed by atoms with van der Waals surface area (Å²) < 4.78 is 18.5. The molecule has 0 saturated heterocycles. The summed E-state index contributed by atoms with van der Waals surface area (Å²) in [6.45, 7) is 3.95. The van der Waals surface area contributed by atoms with E-state index in [0.29, 0.717) is 17.4 Å². The Morgan fingerprint density at radius 3 is 2.88 bits per heavy atom. The fourth-order valence-corrected chi connectivity index (χ4v) is 2.38. The third-order valence-corrected chi connectivity index (χ3v) is 3.91. The third kappa shape index (κ3) is 4.07. The number of carbonyl (C=O) groups is 1. The maximum atomic E-state index is 13.1. The van der Waals surface area contributed by atoms with Crippen molar-refractivity contribution >= 4 is 12.0 Å². The van der Waals surface area contributed by atoms with Gasteiger partial charge in [-0.3, -0.25) is 4.79 Å². The molecule has 6 heteroatoms. The highest BCUT2D eigenvalue weighted by Crippen LogP contribution is 2.38. The quantitative estimate of drug-likeness (QED) is 0.822. The van der Waals surface area contributed by atoms with Crippen LogP contribution in [0.15, 0.2) is 34.9 Å². The Bertz CT molecular complexity index is 750. The predicted molar refractivity (Wildman–Crippen MR) is 87.4 cm³/mol. The molecular formula is C18H20FN3O2. The van der Waals surface area contributed by atoms with E-state index in [9.17, 15) is 9.18 Å². The zero-order valence-electron chi connectivity index (χ0n) is 13.7. The molecule has 1 atom stereocenters. The Labute approximate surface area is 140 Å². The molecule has 126 valence electrons. The van der Waals surface area contributed by atoms with E-state index in [0.717, 1.165) is 18.7 Å². The fraction of sp³-hybridized carbons (Fsp3) is 0.389. The van der Waals surface area contributed by atoms with Crippen LogP contribution < -0.4 is 5.32 Å². The normalized spacial score (nSPS) is 15.8. The number of halogens is 1. The van der Waals surface area contributed by atoms with Crippen molar-refractivity contribution in [2.24, 2.45) is 5.92 Å². The van der Waals surface area contributed by atoms with Gasteiger partial charge in [0.25, 0.3) is 0 Å². The molecule has 1 saturated carbocycles. The number of rotatable bonds is 6. The van der Waals surface area contributed by atoms with Crippen LogP contribution in [0.2, 0.25) is 0 Å². The molecule has 2 aromatic rings. The van der Waals surface area contributed by atoms with Crippen LogP contribution in [0.25, 0.3) is 6.08 Å². The number of nitrogens with one attached hydrogen (secondary N) is 1. The van der Waals surface area contributed by atoms with Crippen molar-refractivity contribution < 1.29 is 13.7 Å². The number of hydrogen-bond donors (Lipinski definition) is 1. The highest BCUT2D eigenvalue weighted by atomic mass is 19.1. The third-order valence-electron chi connectivity index (χ3n) is 3.91. The maximum Gasteiger partial charge on any atom is 0.249 e. The van der Waals surface area contributed by atoms with Crippen LogP contribution in [-0.2, 0) is 4.79 Å². The van der Waals surface area contributed by atoms with Gasteiger partial charge in [0, 0.05) is 12.0 Å². The minimum atomic E-state index is -0.352. The molecule has 0 bridgehead atoms. The summed E-state index contributed by atoms with van der Waals surface area (Å²) in [6, 6.07) is 5.70. The van der Waals surface area contributed by atoms with Crippen molar-refractivity contribution in [3.8, 4) is 0 Å². The molecule has 0 spiro atoms. The Kier molecular flexibility index (Phi) is 4.74. The lowest BCUT2D eigenvalue weighted by atomic mass is 10.0. The molecule has 3 rings (SSSR count). The van der Waals surface area contributed by atoms with E-state index in [4.69, 9.17) is 4.52 Å². The SMILES string of the molecule is CC(C)C(NC(=O)C=Cc1cccc(F)c1)c1nc(C2CC2)no1. The van der Waals surface area contributed by atoms with E-state index in [-0.39, 0.29) is 23.7 Å². The summed E-state index contributed by atoms with van der Waals surface area (Å²) >= 11 is 0. The minimum Gasteiger partial charge on any atom is -0.340 e.